The fraction of sp³-hybridized carbons (Fsp3) is 0.316. The molecule has 1 amide bonds. The number of amides is 1. The monoisotopic (exact) mass is 373 g/mol. The summed E-state index contributed by atoms with van der Waals surface area (Å²) in [5, 5.41) is 3.17. The largest absolute Gasteiger partial charge is 0.492 e. The predicted octanol–water partition coefficient (Wildman–Crippen LogP) is 4.27. The van der Waals surface area contributed by atoms with E-state index in [2.05, 4.69) is 28.2 Å². The van der Waals surface area contributed by atoms with E-state index in [0.717, 1.165) is 34.2 Å². The fourth-order valence-electron chi connectivity index (χ4n) is 2.90. The molecule has 1 N–H and O–H groups in total. The van der Waals surface area contributed by atoms with Gasteiger partial charge in [0.2, 0.25) is 5.91 Å². The summed E-state index contributed by atoms with van der Waals surface area (Å²) in [5.41, 5.74) is 2.23. The summed E-state index contributed by atoms with van der Waals surface area (Å²) in [4.78, 5) is 12.6. The maximum absolute atomic E-state index is 12.6. The number of para-hydroxylation sites is 1. The molecule has 1 heterocycles. The van der Waals surface area contributed by atoms with E-state index in [1.165, 1.54) is 0 Å². The highest BCUT2D eigenvalue weighted by molar-refractivity contribution is 9.10. The summed E-state index contributed by atoms with van der Waals surface area (Å²) in [7, 11) is 0. The van der Waals surface area contributed by atoms with E-state index in [9.17, 15) is 4.79 Å². The second-order valence-electron chi connectivity index (χ2n) is 5.84. The summed E-state index contributed by atoms with van der Waals surface area (Å²) < 4.78 is 6.77. The van der Waals surface area contributed by atoms with E-state index in [1.54, 1.807) is 0 Å². The van der Waals surface area contributed by atoms with E-state index in [4.69, 9.17) is 4.74 Å². The number of nitrogens with one attached hydrogen (secondary N) is 1. The van der Waals surface area contributed by atoms with Gasteiger partial charge in [-0.2, -0.15) is 0 Å². The van der Waals surface area contributed by atoms with Crippen LogP contribution in [-0.2, 0) is 11.2 Å². The summed E-state index contributed by atoms with van der Waals surface area (Å²) >= 11 is 3.44. The summed E-state index contributed by atoms with van der Waals surface area (Å²) in [6.45, 7) is 2.53. The lowest BCUT2D eigenvalue weighted by Gasteiger charge is -2.26. The minimum atomic E-state index is -0.130. The lowest BCUT2D eigenvalue weighted by Crippen LogP contribution is -2.39. The highest BCUT2D eigenvalue weighted by Gasteiger charge is 2.27. The van der Waals surface area contributed by atoms with Crippen molar-refractivity contribution in [2.24, 2.45) is 5.92 Å². The third-order valence-electron chi connectivity index (χ3n) is 4.25. The lowest BCUT2D eigenvalue weighted by molar-refractivity contribution is -0.127. The first kappa shape index (κ1) is 16.1. The Morgan fingerprint density at radius 2 is 2.00 bits per heavy atom. The van der Waals surface area contributed by atoms with Gasteiger partial charge in [0, 0.05) is 4.47 Å². The molecule has 2 aromatic carbocycles. The Morgan fingerprint density at radius 3 is 2.74 bits per heavy atom. The molecule has 0 bridgehead atoms. The van der Waals surface area contributed by atoms with Crippen LogP contribution in [0.4, 0.5) is 0 Å². The first-order valence-electron chi connectivity index (χ1n) is 7.94. The molecule has 3 nitrogen and oxygen atoms in total. The van der Waals surface area contributed by atoms with Crippen LogP contribution in [0.15, 0.2) is 53.0 Å². The van der Waals surface area contributed by atoms with Crippen molar-refractivity contribution in [1.82, 2.24) is 5.32 Å². The average Bonchev–Trinajstić information content (AvgIpc) is 2.60. The maximum Gasteiger partial charge on any atom is 0.227 e. The van der Waals surface area contributed by atoms with Gasteiger partial charge in [-0.25, -0.2) is 0 Å². The Hall–Kier alpha value is -1.81. The fourth-order valence-corrected chi connectivity index (χ4v) is 3.17. The van der Waals surface area contributed by atoms with Gasteiger partial charge in [-0.05, 0) is 42.2 Å². The molecule has 0 saturated carbocycles. The van der Waals surface area contributed by atoms with Crippen molar-refractivity contribution in [3.63, 3.8) is 0 Å². The smallest absolute Gasteiger partial charge is 0.227 e. The molecule has 3 rings (SSSR count). The molecule has 1 aliphatic rings. The van der Waals surface area contributed by atoms with Crippen molar-refractivity contribution in [2.75, 3.05) is 6.61 Å². The van der Waals surface area contributed by atoms with Crippen LogP contribution in [0.1, 0.15) is 30.5 Å². The molecule has 1 aliphatic heterocycles. The Labute approximate surface area is 145 Å². The predicted molar refractivity (Wildman–Crippen MR) is 94.4 cm³/mol. The molecule has 0 spiro atoms. The number of fused-ring (bicyclic) bond motifs is 1. The van der Waals surface area contributed by atoms with Crippen molar-refractivity contribution in [1.29, 1.82) is 0 Å². The van der Waals surface area contributed by atoms with Gasteiger partial charge in [0.15, 0.2) is 0 Å². The van der Waals surface area contributed by atoms with Crippen molar-refractivity contribution < 1.29 is 9.53 Å². The van der Waals surface area contributed by atoms with Crippen molar-refractivity contribution in [3.05, 3.63) is 64.1 Å². The van der Waals surface area contributed by atoms with Gasteiger partial charge >= 0.3 is 0 Å². The maximum atomic E-state index is 12.6. The number of ether oxygens (including phenoxy) is 1. The van der Waals surface area contributed by atoms with Gasteiger partial charge in [-0.1, -0.05) is 53.2 Å². The third-order valence-corrected chi connectivity index (χ3v) is 4.78. The molecule has 2 unspecified atom stereocenters. The molecule has 0 aromatic heterocycles. The van der Waals surface area contributed by atoms with Crippen LogP contribution >= 0.6 is 15.9 Å². The number of carbonyl (C=O) groups is 1. The minimum Gasteiger partial charge on any atom is -0.492 e. The minimum absolute atomic E-state index is 0.0350. The highest BCUT2D eigenvalue weighted by atomic mass is 79.9. The lowest BCUT2D eigenvalue weighted by atomic mass is 9.95. The summed E-state index contributed by atoms with van der Waals surface area (Å²) in [5.74, 6) is 0.833. The molecule has 23 heavy (non-hydrogen) atoms. The van der Waals surface area contributed by atoms with Gasteiger partial charge in [-0.15, -0.1) is 0 Å². The van der Waals surface area contributed by atoms with Crippen LogP contribution in [0, 0.1) is 5.92 Å². The molecule has 4 heteroatoms. The molecule has 2 aromatic rings. The SMILES string of the molecule is CCC(NC(=O)C1COc2ccccc2C1)c1ccc(Br)cc1. The normalized spacial score (nSPS) is 17.7. The topological polar surface area (TPSA) is 38.3 Å². The molecule has 0 radical (unpaired) electrons. The Balaban J connectivity index is 1.67. The first-order valence-corrected chi connectivity index (χ1v) is 8.73. The zero-order valence-corrected chi connectivity index (χ0v) is 14.7. The second kappa shape index (κ2) is 7.18. The van der Waals surface area contributed by atoms with E-state index < -0.39 is 0 Å². The van der Waals surface area contributed by atoms with Gasteiger partial charge in [0.05, 0.1) is 12.0 Å². The van der Waals surface area contributed by atoms with Crippen LogP contribution in [0.25, 0.3) is 0 Å². The molecule has 0 saturated heterocycles. The van der Waals surface area contributed by atoms with Crippen LogP contribution in [-0.4, -0.2) is 12.5 Å². The van der Waals surface area contributed by atoms with Crippen LogP contribution in [0.2, 0.25) is 0 Å². The zero-order chi connectivity index (χ0) is 16.2. The van der Waals surface area contributed by atoms with Crippen molar-refractivity contribution in [3.8, 4) is 5.75 Å². The number of halogens is 1. The Morgan fingerprint density at radius 1 is 1.26 bits per heavy atom. The molecule has 2 atom stereocenters. The Bertz CT molecular complexity index is 684. The molecule has 120 valence electrons. The van der Waals surface area contributed by atoms with Crippen LogP contribution < -0.4 is 10.1 Å². The van der Waals surface area contributed by atoms with Crippen LogP contribution in [0.3, 0.4) is 0 Å². The van der Waals surface area contributed by atoms with Gasteiger partial charge < -0.3 is 10.1 Å². The Kier molecular flexibility index (Phi) is 5.01. The summed E-state index contributed by atoms with van der Waals surface area (Å²) in [6.07, 6.45) is 1.59. The quantitative estimate of drug-likeness (QED) is 0.868. The van der Waals surface area contributed by atoms with Gasteiger partial charge in [0.1, 0.15) is 12.4 Å². The number of hydrogen-bond donors (Lipinski definition) is 1. The zero-order valence-electron chi connectivity index (χ0n) is 13.1. The molecular weight excluding hydrogens is 354 g/mol. The van der Waals surface area contributed by atoms with Gasteiger partial charge in [-0.3, -0.25) is 4.79 Å². The molecular formula is C19H20BrNO2. The highest BCUT2D eigenvalue weighted by Crippen LogP contribution is 2.27. The van der Waals surface area contributed by atoms with E-state index in [0.29, 0.717) is 6.61 Å². The number of rotatable bonds is 4. The molecule has 0 aliphatic carbocycles. The van der Waals surface area contributed by atoms with E-state index >= 15 is 0 Å². The van der Waals surface area contributed by atoms with Crippen LogP contribution in [0.5, 0.6) is 5.75 Å². The third kappa shape index (κ3) is 3.75. The van der Waals surface area contributed by atoms with E-state index in [1.807, 2.05) is 48.5 Å². The first-order chi connectivity index (χ1) is 11.2. The van der Waals surface area contributed by atoms with Crippen molar-refractivity contribution in [2.45, 2.75) is 25.8 Å². The second-order valence-corrected chi connectivity index (χ2v) is 6.76. The number of carbonyl (C=O) groups excluding carboxylic acids is 1. The standard InChI is InChI=1S/C19H20BrNO2/c1-2-17(13-7-9-16(20)10-8-13)21-19(22)15-11-14-5-3-4-6-18(14)23-12-15/h3-10,15,17H,2,11-12H2,1H3,(H,21,22). The summed E-state index contributed by atoms with van der Waals surface area (Å²) in [6, 6.07) is 16.1. The molecule has 0 fully saturated rings. The number of hydrogen-bond acceptors (Lipinski definition) is 2. The average molecular weight is 374 g/mol. The van der Waals surface area contributed by atoms with E-state index in [-0.39, 0.29) is 17.9 Å². The van der Waals surface area contributed by atoms with Gasteiger partial charge in [0.25, 0.3) is 0 Å². The number of benzene rings is 2. The van der Waals surface area contributed by atoms with Crippen molar-refractivity contribution >= 4 is 21.8 Å².